The van der Waals surface area contributed by atoms with Crippen LogP contribution >= 0.6 is 0 Å². The van der Waals surface area contributed by atoms with Gasteiger partial charge in [-0.05, 0) is 61.2 Å². The lowest BCUT2D eigenvalue weighted by atomic mass is 9.43. The summed E-state index contributed by atoms with van der Waals surface area (Å²) in [5.74, 6) is 2.65. The lowest BCUT2D eigenvalue weighted by Gasteiger charge is -2.59. The molecule has 4 aliphatic rings. The van der Waals surface area contributed by atoms with Crippen molar-refractivity contribution in [1.82, 2.24) is 0 Å². The van der Waals surface area contributed by atoms with E-state index in [2.05, 4.69) is 34.3 Å². The molecule has 3 saturated carbocycles. The largest absolute Gasteiger partial charge is 0.370 e. The third-order valence-corrected chi connectivity index (χ3v) is 8.40. The van der Waals surface area contributed by atoms with E-state index in [-0.39, 0.29) is 16.7 Å². The van der Waals surface area contributed by atoms with E-state index in [4.69, 9.17) is 4.74 Å². The van der Waals surface area contributed by atoms with Crippen LogP contribution in [0, 0.1) is 34.5 Å². The van der Waals surface area contributed by atoms with Crippen molar-refractivity contribution in [3.63, 3.8) is 0 Å². The third-order valence-electron chi connectivity index (χ3n) is 8.40. The van der Waals surface area contributed by atoms with Gasteiger partial charge in [-0.25, -0.2) is 0 Å². The minimum absolute atomic E-state index is 0.00345. The normalized spacial score (nSPS) is 54.7. The van der Waals surface area contributed by atoms with Gasteiger partial charge in [0.1, 0.15) is 5.78 Å². The van der Waals surface area contributed by atoms with Crippen LogP contribution in [0.15, 0.2) is 12.2 Å². The highest BCUT2D eigenvalue weighted by Crippen LogP contribution is 2.65. The molecule has 2 heteroatoms. The van der Waals surface area contributed by atoms with Crippen LogP contribution in [0.25, 0.3) is 0 Å². The van der Waals surface area contributed by atoms with Crippen LogP contribution in [0.2, 0.25) is 0 Å². The first-order valence-electron chi connectivity index (χ1n) is 9.65. The van der Waals surface area contributed by atoms with Crippen LogP contribution in [0.5, 0.6) is 0 Å². The molecule has 1 aliphatic heterocycles. The number of Topliss-reactive ketones (excluding diaryl/α,β-unsaturated/α-hetero) is 1. The number of ketones is 1. The second-order valence-corrected chi connectivity index (χ2v) is 9.43. The number of hydrogen-bond acceptors (Lipinski definition) is 2. The first-order chi connectivity index (χ1) is 10.8. The SMILES string of the molecule is C=C(C)C1(C)CC(=O)C2C(CCC3CC4OC4CC32C)C1CC. The fraction of sp³-hybridized carbons (Fsp3) is 0.857. The van der Waals surface area contributed by atoms with Gasteiger partial charge in [0.15, 0.2) is 0 Å². The Morgan fingerprint density at radius 1 is 1.30 bits per heavy atom. The summed E-state index contributed by atoms with van der Waals surface area (Å²) in [5, 5.41) is 0. The molecule has 3 aliphatic carbocycles. The van der Waals surface area contributed by atoms with E-state index in [0.29, 0.717) is 42.2 Å². The Morgan fingerprint density at radius 2 is 2.04 bits per heavy atom. The van der Waals surface area contributed by atoms with Crippen molar-refractivity contribution in [3.8, 4) is 0 Å². The number of carbonyl (C=O) groups excluding carboxylic acids is 1. The highest BCUT2D eigenvalue weighted by atomic mass is 16.6. The molecule has 4 rings (SSSR count). The van der Waals surface area contributed by atoms with E-state index < -0.39 is 0 Å². The number of fused-ring (bicyclic) bond motifs is 4. The van der Waals surface area contributed by atoms with Gasteiger partial charge in [-0.1, -0.05) is 39.3 Å². The molecule has 23 heavy (non-hydrogen) atoms. The highest BCUT2D eigenvalue weighted by molar-refractivity contribution is 5.84. The van der Waals surface area contributed by atoms with Gasteiger partial charge in [-0.2, -0.15) is 0 Å². The smallest absolute Gasteiger partial charge is 0.137 e. The van der Waals surface area contributed by atoms with E-state index >= 15 is 0 Å². The third kappa shape index (κ3) is 2.06. The van der Waals surface area contributed by atoms with Gasteiger partial charge in [0, 0.05) is 12.3 Å². The summed E-state index contributed by atoms with van der Waals surface area (Å²) in [6, 6.07) is 0. The first-order valence-corrected chi connectivity index (χ1v) is 9.65. The number of epoxide rings is 1. The number of carbonyl (C=O) groups is 1. The Morgan fingerprint density at radius 3 is 2.70 bits per heavy atom. The van der Waals surface area contributed by atoms with Crippen molar-refractivity contribution in [2.24, 2.45) is 34.5 Å². The standard InChI is InChI=1S/C21H32O2/c1-6-15-14-8-7-13-9-17-18(23-17)11-21(13,5)19(14)16(22)10-20(15,4)12(2)3/h13-15,17-19H,2,6-11H2,1,3-5H3. The molecule has 0 bridgehead atoms. The minimum Gasteiger partial charge on any atom is -0.370 e. The molecular weight excluding hydrogens is 284 g/mol. The molecule has 0 amide bonds. The van der Waals surface area contributed by atoms with E-state index in [9.17, 15) is 4.79 Å². The average Bonchev–Trinajstić information content (AvgIpc) is 3.21. The second-order valence-electron chi connectivity index (χ2n) is 9.43. The summed E-state index contributed by atoms with van der Waals surface area (Å²) in [6.45, 7) is 13.4. The van der Waals surface area contributed by atoms with Gasteiger partial charge in [-0.15, -0.1) is 0 Å². The number of ether oxygens (including phenoxy) is 1. The second kappa shape index (κ2) is 4.94. The zero-order valence-corrected chi connectivity index (χ0v) is 15.2. The molecule has 0 radical (unpaired) electrons. The maximum atomic E-state index is 13.3. The minimum atomic E-state index is 0.00345. The van der Waals surface area contributed by atoms with Gasteiger partial charge in [0.25, 0.3) is 0 Å². The van der Waals surface area contributed by atoms with Crippen molar-refractivity contribution < 1.29 is 9.53 Å². The van der Waals surface area contributed by atoms with Crippen molar-refractivity contribution in [3.05, 3.63) is 12.2 Å². The van der Waals surface area contributed by atoms with E-state index in [1.54, 1.807) is 0 Å². The van der Waals surface area contributed by atoms with Crippen LogP contribution in [0.1, 0.15) is 66.2 Å². The zero-order valence-electron chi connectivity index (χ0n) is 15.2. The maximum Gasteiger partial charge on any atom is 0.137 e. The number of allylic oxidation sites excluding steroid dienone is 1. The molecule has 1 saturated heterocycles. The van der Waals surface area contributed by atoms with E-state index in [1.807, 2.05) is 0 Å². The van der Waals surface area contributed by atoms with Crippen molar-refractivity contribution in [2.75, 3.05) is 0 Å². The van der Waals surface area contributed by atoms with Crippen LogP contribution in [0.3, 0.4) is 0 Å². The zero-order chi connectivity index (χ0) is 16.6. The Balaban J connectivity index is 1.71. The Hall–Kier alpha value is -0.630. The highest BCUT2D eigenvalue weighted by Gasteiger charge is 2.64. The van der Waals surface area contributed by atoms with Crippen LogP contribution < -0.4 is 0 Å². The van der Waals surface area contributed by atoms with Crippen molar-refractivity contribution in [2.45, 2.75) is 78.4 Å². The summed E-state index contributed by atoms with van der Waals surface area (Å²) < 4.78 is 5.86. The number of rotatable bonds is 2. The van der Waals surface area contributed by atoms with Crippen LogP contribution in [-0.4, -0.2) is 18.0 Å². The van der Waals surface area contributed by atoms with Gasteiger partial charge in [0.2, 0.25) is 0 Å². The Labute approximate surface area is 141 Å². The topological polar surface area (TPSA) is 29.6 Å². The summed E-state index contributed by atoms with van der Waals surface area (Å²) in [6.07, 6.45) is 7.70. The van der Waals surface area contributed by atoms with Crippen LogP contribution in [0.4, 0.5) is 0 Å². The van der Waals surface area contributed by atoms with Crippen molar-refractivity contribution in [1.29, 1.82) is 0 Å². The Kier molecular flexibility index (Phi) is 3.41. The monoisotopic (exact) mass is 316 g/mol. The first kappa shape index (κ1) is 15.9. The molecule has 8 unspecified atom stereocenters. The van der Waals surface area contributed by atoms with Gasteiger partial charge in [0.05, 0.1) is 12.2 Å². The van der Waals surface area contributed by atoms with Gasteiger partial charge >= 0.3 is 0 Å². The van der Waals surface area contributed by atoms with Gasteiger partial charge in [-0.3, -0.25) is 4.79 Å². The predicted octanol–water partition coefficient (Wildman–Crippen LogP) is 4.78. The van der Waals surface area contributed by atoms with Crippen LogP contribution in [-0.2, 0) is 9.53 Å². The maximum absolute atomic E-state index is 13.3. The predicted molar refractivity (Wildman–Crippen MR) is 92.0 cm³/mol. The lowest BCUT2D eigenvalue weighted by Crippen LogP contribution is -2.57. The molecule has 0 aromatic rings. The van der Waals surface area contributed by atoms with E-state index in [1.165, 1.54) is 31.3 Å². The van der Waals surface area contributed by atoms with Gasteiger partial charge < -0.3 is 4.74 Å². The Bertz CT molecular complexity index is 552. The average molecular weight is 316 g/mol. The molecular formula is C21H32O2. The molecule has 0 aromatic carbocycles. The van der Waals surface area contributed by atoms with Crippen molar-refractivity contribution >= 4 is 5.78 Å². The molecule has 2 nitrogen and oxygen atoms in total. The molecule has 1 heterocycles. The lowest BCUT2D eigenvalue weighted by molar-refractivity contribution is -0.154. The fourth-order valence-electron chi connectivity index (χ4n) is 6.93. The fourth-order valence-corrected chi connectivity index (χ4v) is 6.93. The molecule has 4 fully saturated rings. The molecule has 0 N–H and O–H groups in total. The summed E-state index contributed by atoms with van der Waals surface area (Å²) in [7, 11) is 0. The molecule has 0 aromatic heterocycles. The number of hydrogen-bond donors (Lipinski definition) is 0. The summed E-state index contributed by atoms with van der Waals surface area (Å²) >= 11 is 0. The van der Waals surface area contributed by atoms with E-state index in [0.717, 1.165) is 6.42 Å². The molecule has 128 valence electrons. The molecule has 0 spiro atoms. The quantitative estimate of drug-likeness (QED) is 0.542. The summed E-state index contributed by atoms with van der Waals surface area (Å²) in [4.78, 5) is 13.3. The summed E-state index contributed by atoms with van der Waals surface area (Å²) in [5.41, 5.74) is 1.39. The molecule has 8 atom stereocenters.